The molecule has 2 heterocycles. The Labute approximate surface area is 145 Å². The van der Waals surface area contributed by atoms with Crippen LogP contribution in [0, 0.1) is 5.82 Å². The lowest BCUT2D eigenvalue weighted by atomic mass is 10.1. The number of aromatic nitrogens is 3. The van der Waals surface area contributed by atoms with E-state index in [-0.39, 0.29) is 23.5 Å². The van der Waals surface area contributed by atoms with Gasteiger partial charge in [-0.2, -0.15) is 0 Å². The lowest BCUT2D eigenvalue weighted by molar-refractivity contribution is 0.102. The number of hydrogen-bond donors (Lipinski definition) is 2. The van der Waals surface area contributed by atoms with Crippen molar-refractivity contribution in [3.8, 4) is 5.75 Å². The highest BCUT2D eigenvalue weighted by atomic mass is 19.1. The van der Waals surface area contributed by atoms with Gasteiger partial charge in [-0.15, -0.1) is 5.10 Å². The summed E-state index contributed by atoms with van der Waals surface area (Å²) < 4.78 is 20.9. The number of nitrogens with zero attached hydrogens (tertiary/aromatic N) is 3. The Hall–Kier alpha value is -2.48. The van der Waals surface area contributed by atoms with Gasteiger partial charge in [-0.05, 0) is 51.9 Å². The fourth-order valence-electron chi connectivity index (χ4n) is 2.77. The lowest BCUT2D eigenvalue weighted by Crippen LogP contribution is -2.29. The Kier molecular flexibility index (Phi) is 5.28. The fourth-order valence-corrected chi connectivity index (χ4v) is 2.77. The normalized spacial score (nSPS) is 15.4. The summed E-state index contributed by atoms with van der Waals surface area (Å²) in [5.74, 6) is -0.486. The molecule has 0 aliphatic carbocycles. The van der Waals surface area contributed by atoms with E-state index in [1.54, 1.807) is 10.9 Å². The Bertz CT molecular complexity index is 740. The number of ether oxygens (including phenoxy) is 1. The van der Waals surface area contributed by atoms with Crippen LogP contribution in [0.4, 0.5) is 10.1 Å². The highest BCUT2D eigenvalue weighted by Crippen LogP contribution is 2.27. The minimum atomic E-state index is -0.454. The molecule has 0 spiro atoms. The molecule has 0 atom stereocenters. The Balaban J connectivity index is 1.74. The van der Waals surface area contributed by atoms with Gasteiger partial charge >= 0.3 is 0 Å². The molecule has 0 bridgehead atoms. The minimum Gasteiger partial charge on any atom is -0.489 e. The summed E-state index contributed by atoms with van der Waals surface area (Å²) in [6, 6.07) is 4.26. The van der Waals surface area contributed by atoms with Gasteiger partial charge in [-0.25, -0.2) is 9.07 Å². The molecule has 1 aromatic carbocycles. The smallest absolute Gasteiger partial charge is 0.277 e. The van der Waals surface area contributed by atoms with Crippen LogP contribution in [-0.4, -0.2) is 40.1 Å². The number of nitrogens with one attached hydrogen (secondary N) is 2. The molecule has 3 rings (SSSR count). The van der Waals surface area contributed by atoms with Crippen molar-refractivity contribution < 1.29 is 13.9 Å². The van der Waals surface area contributed by atoms with Gasteiger partial charge in [0.2, 0.25) is 0 Å². The second-order valence-corrected chi connectivity index (χ2v) is 6.33. The number of anilines is 1. The van der Waals surface area contributed by atoms with Crippen molar-refractivity contribution in [1.82, 2.24) is 20.3 Å². The summed E-state index contributed by atoms with van der Waals surface area (Å²) >= 11 is 0. The average molecular weight is 347 g/mol. The van der Waals surface area contributed by atoms with Gasteiger partial charge in [-0.3, -0.25) is 4.79 Å². The first kappa shape index (κ1) is 17.3. The van der Waals surface area contributed by atoms with Crippen LogP contribution < -0.4 is 15.4 Å². The number of benzene rings is 1. The number of piperidine rings is 1. The third kappa shape index (κ3) is 4.33. The summed E-state index contributed by atoms with van der Waals surface area (Å²) in [5, 5.41) is 14.0. The summed E-state index contributed by atoms with van der Waals surface area (Å²) in [7, 11) is 0. The first-order valence-corrected chi connectivity index (χ1v) is 8.43. The number of carbonyl (C=O) groups excluding carboxylic acids is 1. The maximum absolute atomic E-state index is 13.5. The summed E-state index contributed by atoms with van der Waals surface area (Å²) in [6.07, 6.45) is 3.43. The maximum atomic E-state index is 13.5. The predicted molar refractivity (Wildman–Crippen MR) is 91.3 cm³/mol. The first-order valence-electron chi connectivity index (χ1n) is 8.43. The number of rotatable bonds is 5. The zero-order valence-electron chi connectivity index (χ0n) is 14.3. The van der Waals surface area contributed by atoms with Crippen LogP contribution in [0.3, 0.4) is 0 Å². The quantitative estimate of drug-likeness (QED) is 0.868. The SMILES string of the molecule is CC(C)Oc1ccc(F)cc1NC(=O)c1cn(C2CCNCC2)nn1. The highest BCUT2D eigenvalue weighted by Gasteiger charge is 2.20. The van der Waals surface area contributed by atoms with Crippen molar-refractivity contribution in [2.24, 2.45) is 0 Å². The average Bonchev–Trinajstić information content (AvgIpc) is 3.08. The van der Waals surface area contributed by atoms with Crippen molar-refractivity contribution in [3.05, 3.63) is 35.9 Å². The molecule has 8 heteroatoms. The molecule has 0 radical (unpaired) electrons. The van der Waals surface area contributed by atoms with Crippen LogP contribution in [-0.2, 0) is 0 Å². The van der Waals surface area contributed by atoms with Crippen LogP contribution in [0.15, 0.2) is 24.4 Å². The van der Waals surface area contributed by atoms with Crippen molar-refractivity contribution in [2.45, 2.75) is 38.8 Å². The molecule has 1 saturated heterocycles. The Morgan fingerprint density at radius 1 is 1.40 bits per heavy atom. The monoisotopic (exact) mass is 347 g/mol. The van der Waals surface area contributed by atoms with E-state index in [0.29, 0.717) is 5.75 Å². The molecule has 2 N–H and O–H groups in total. The van der Waals surface area contributed by atoms with Crippen molar-refractivity contribution in [2.75, 3.05) is 18.4 Å². The Morgan fingerprint density at radius 3 is 2.88 bits per heavy atom. The van der Waals surface area contributed by atoms with Crippen LogP contribution in [0.5, 0.6) is 5.75 Å². The molecule has 2 aromatic rings. The van der Waals surface area contributed by atoms with E-state index in [0.717, 1.165) is 25.9 Å². The molecule has 1 aliphatic rings. The molecular formula is C17H22FN5O2. The summed E-state index contributed by atoms with van der Waals surface area (Å²) in [5.41, 5.74) is 0.466. The number of carbonyl (C=O) groups is 1. The standard InChI is InChI=1S/C17H22FN5O2/c1-11(2)25-16-4-3-12(18)9-14(16)20-17(24)15-10-23(22-21-15)13-5-7-19-8-6-13/h3-4,9-11,13,19H,5-8H2,1-2H3,(H,20,24). The van der Waals surface area contributed by atoms with E-state index in [1.165, 1.54) is 18.2 Å². The van der Waals surface area contributed by atoms with Crippen LogP contribution in [0.2, 0.25) is 0 Å². The third-order valence-electron chi connectivity index (χ3n) is 3.98. The molecule has 1 aromatic heterocycles. The van der Waals surface area contributed by atoms with E-state index in [1.807, 2.05) is 13.8 Å². The van der Waals surface area contributed by atoms with Gasteiger partial charge < -0.3 is 15.4 Å². The van der Waals surface area contributed by atoms with Crippen molar-refractivity contribution >= 4 is 11.6 Å². The van der Waals surface area contributed by atoms with Gasteiger partial charge in [0.15, 0.2) is 5.69 Å². The van der Waals surface area contributed by atoms with Gasteiger partial charge in [-0.1, -0.05) is 5.21 Å². The third-order valence-corrected chi connectivity index (χ3v) is 3.98. The zero-order chi connectivity index (χ0) is 17.8. The molecule has 134 valence electrons. The van der Waals surface area contributed by atoms with Crippen molar-refractivity contribution in [3.63, 3.8) is 0 Å². The molecule has 1 aliphatic heterocycles. The molecular weight excluding hydrogens is 325 g/mol. The van der Waals surface area contributed by atoms with Crippen molar-refractivity contribution in [1.29, 1.82) is 0 Å². The van der Waals surface area contributed by atoms with E-state index in [2.05, 4.69) is 20.9 Å². The fraction of sp³-hybridized carbons (Fsp3) is 0.471. The van der Waals surface area contributed by atoms with Gasteiger partial charge in [0, 0.05) is 6.07 Å². The predicted octanol–water partition coefficient (Wildman–Crippen LogP) is 2.38. The molecule has 1 fully saturated rings. The second kappa shape index (κ2) is 7.60. The molecule has 7 nitrogen and oxygen atoms in total. The van der Waals surface area contributed by atoms with E-state index in [9.17, 15) is 9.18 Å². The van der Waals surface area contributed by atoms with Gasteiger partial charge in [0.1, 0.15) is 11.6 Å². The number of halogens is 1. The van der Waals surface area contributed by atoms with Crippen LogP contribution in [0.1, 0.15) is 43.2 Å². The number of hydrogen-bond acceptors (Lipinski definition) is 5. The minimum absolute atomic E-state index is 0.0955. The van der Waals surface area contributed by atoms with Crippen LogP contribution in [0.25, 0.3) is 0 Å². The van der Waals surface area contributed by atoms with Gasteiger partial charge in [0.25, 0.3) is 5.91 Å². The lowest BCUT2D eigenvalue weighted by Gasteiger charge is -2.22. The number of amides is 1. The Morgan fingerprint density at radius 2 is 2.16 bits per heavy atom. The largest absolute Gasteiger partial charge is 0.489 e. The maximum Gasteiger partial charge on any atom is 0.277 e. The van der Waals surface area contributed by atoms with E-state index < -0.39 is 11.7 Å². The topological polar surface area (TPSA) is 81.1 Å². The van der Waals surface area contributed by atoms with E-state index in [4.69, 9.17) is 4.74 Å². The molecule has 0 unspecified atom stereocenters. The first-order chi connectivity index (χ1) is 12.0. The molecule has 1 amide bonds. The van der Waals surface area contributed by atoms with Crippen LogP contribution >= 0.6 is 0 Å². The molecule has 0 saturated carbocycles. The summed E-state index contributed by atoms with van der Waals surface area (Å²) in [4.78, 5) is 12.4. The molecule has 25 heavy (non-hydrogen) atoms. The second-order valence-electron chi connectivity index (χ2n) is 6.33. The van der Waals surface area contributed by atoms with Gasteiger partial charge in [0.05, 0.1) is 24.0 Å². The van der Waals surface area contributed by atoms with E-state index >= 15 is 0 Å². The summed E-state index contributed by atoms with van der Waals surface area (Å²) in [6.45, 7) is 5.57. The highest BCUT2D eigenvalue weighted by molar-refractivity contribution is 6.03. The zero-order valence-corrected chi connectivity index (χ0v) is 14.3.